The third-order valence-electron chi connectivity index (χ3n) is 6.49. The molecule has 0 bridgehead atoms. The molecular formula is C24H29N3O3. The molecule has 3 aliphatic heterocycles. The summed E-state index contributed by atoms with van der Waals surface area (Å²) in [6, 6.07) is 14.6. The molecule has 30 heavy (non-hydrogen) atoms. The Morgan fingerprint density at radius 1 is 0.967 bits per heavy atom. The average molecular weight is 408 g/mol. The Balaban J connectivity index is 1.20. The number of carbonyl (C=O) groups excluding carboxylic acids is 1. The van der Waals surface area contributed by atoms with Crippen molar-refractivity contribution in [2.24, 2.45) is 0 Å². The van der Waals surface area contributed by atoms with Crippen LogP contribution in [0.4, 0.5) is 5.69 Å². The number of anilines is 1. The van der Waals surface area contributed by atoms with E-state index in [1.807, 2.05) is 17.0 Å². The number of carbonyl (C=O) groups is 1. The minimum Gasteiger partial charge on any atom is -0.390 e. The van der Waals surface area contributed by atoms with Crippen molar-refractivity contribution in [3.05, 3.63) is 64.7 Å². The summed E-state index contributed by atoms with van der Waals surface area (Å²) in [4.78, 5) is 19.3. The summed E-state index contributed by atoms with van der Waals surface area (Å²) in [5.74, 6) is 0.0310. The van der Waals surface area contributed by atoms with Crippen LogP contribution in [0.25, 0.3) is 0 Å². The van der Waals surface area contributed by atoms with Crippen LogP contribution >= 0.6 is 0 Å². The molecule has 3 aliphatic rings. The molecule has 0 aliphatic carbocycles. The maximum Gasteiger partial charge on any atom is 0.254 e. The molecule has 0 saturated carbocycles. The Morgan fingerprint density at radius 2 is 1.80 bits per heavy atom. The predicted octanol–water partition coefficient (Wildman–Crippen LogP) is 1.90. The zero-order valence-electron chi connectivity index (χ0n) is 17.3. The molecule has 1 saturated heterocycles. The van der Waals surface area contributed by atoms with E-state index in [9.17, 15) is 9.90 Å². The Bertz CT molecular complexity index is 926. The SMILES string of the molecule is O=C1c2ccc(N3CCOC3)cc2CCN1C[C@H](O)CN1CCc2ccccc2C1. The lowest BCUT2D eigenvalue weighted by molar-refractivity contribution is 0.0493. The van der Waals surface area contributed by atoms with E-state index >= 15 is 0 Å². The van der Waals surface area contributed by atoms with Crippen molar-refractivity contribution in [3.8, 4) is 0 Å². The summed E-state index contributed by atoms with van der Waals surface area (Å²) in [6.07, 6.45) is 1.30. The highest BCUT2D eigenvalue weighted by atomic mass is 16.5. The highest BCUT2D eigenvalue weighted by Gasteiger charge is 2.28. The van der Waals surface area contributed by atoms with Gasteiger partial charge in [-0.25, -0.2) is 0 Å². The summed E-state index contributed by atoms with van der Waals surface area (Å²) < 4.78 is 5.44. The number of rotatable bonds is 5. The predicted molar refractivity (Wildman–Crippen MR) is 116 cm³/mol. The van der Waals surface area contributed by atoms with Gasteiger partial charge in [-0.3, -0.25) is 9.69 Å². The van der Waals surface area contributed by atoms with Gasteiger partial charge in [0.15, 0.2) is 0 Å². The van der Waals surface area contributed by atoms with E-state index in [0.29, 0.717) is 26.4 Å². The van der Waals surface area contributed by atoms with Crippen LogP contribution in [0.5, 0.6) is 0 Å². The molecule has 1 fully saturated rings. The molecule has 6 heteroatoms. The Kier molecular flexibility index (Phi) is 5.46. The molecule has 0 aromatic heterocycles. The van der Waals surface area contributed by atoms with Gasteiger partial charge in [0.25, 0.3) is 5.91 Å². The van der Waals surface area contributed by atoms with Crippen molar-refractivity contribution in [2.45, 2.75) is 25.5 Å². The van der Waals surface area contributed by atoms with Crippen LogP contribution in [0, 0.1) is 0 Å². The second-order valence-electron chi connectivity index (χ2n) is 8.55. The van der Waals surface area contributed by atoms with Gasteiger partial charge >= 0.3 is 0 Å². The monoisotopic (exact) mass is 407 g/mol. The number of benzene rings is 2. The topological polar surface area (TPSA) is 56.3 Å². The fourth-order valence-corrected chi connectivity index (χ4v) is 4.83. The number of hydrogen-bond donors (Lipinski definition) is 1. The molecule has 5 rings (SSSR count). The lowest BCUT2D eigenvalue weighted by atomic mass is 9.97. The van der Waals surface area contributed by atoms with Crippen LogP contribution in [-0.4, -0.2) is 73.0 Å². The van der Waals surface area contributed by atoms with Crippen LogP contribution in [0.15, 0.2) is 42.5 Å². The van der Waals surface area contributed by atoms with Gasteiger partial charge < -0.3 is 19.6 Å². The molecule has 2 aromatic carbocycles. The molecule has 158 valence electrons. The Hall–Kier alpha value is -2.41. The smallest absolute Gasteiger partial charge is 0.254 e. The van der Waals surface area contributed by atoms with Crippen LogP contribution in [0.3, 0.4) is 0 Å². The van der Waals surface area contributed by atoms with E-state index in [-0.39, 0.29) is 5.91 Å². The first-order valence-corrected chi connectivity index (χ1v) is 10.9. The van der Waals surface area contributed by atoms with E-state index in [0.717, 1.165) is 55.9 Å². The number of aliphatic hydroxyl groups excluding tert-OH is 1. The standard InChI is InChI=1S/C24H29N3O3/c28-22(15-25-9-7-18-3-1-2-4-20(18)14-25)16-26-10-8-19-13-21(27-11-12-30-17-27)5-6-23(19)24(26)29/h1-6,13,22,28H,7-12,14-17H2/t22-/m1/s1. The fourth-order valence-electron chi connectivity index (χ4n) is 4.83. The maximum absolute atomic E-state index is 13.0. The highest BCUT2D eigenvalue weighted by Crippen LogP contribution is 2.26. The number of aliphatic hydroxyl groups is 1. The zero-order valence-corrected chi connectivity index (χ0v) is 17.3. The van der Waals surface area contributed by atoms with Crippen molar-refractivity contribution < 1.29 is 14.6 Å². The van der Waals surface area contributed by atoms with E-state index in [2.05, 4.69) is 40.1 Å². The van der Waals surface area contributed by atoms with E-state index < -0.39 is 6.10 Å². The normalized spacial score (nSPS) is 20.2. The van der Waals surface area contributed by atoms with Crippen molar-refractivity contribution >= 4 is 11.6 Å². The van der Waals surface area contributed by atoms with Gasteiger partial charge in [0.1, 0.15) is 6.73 Å². The molecule has 0 radical (unpaired) electrons. The number of nitrogens with zero attached hydrogens (tertiary/aromatic N) is 3. The van der Waals surface area contributed by atoms with Gasteiger partial charge in [0, 0.05) is 50.5 Å². The molecular weight excluding hydrogens is 378 g/mol. The second-order valence-corrected chi connectivity index (χ2v) is 8.55. The Morgan fingerprint density at radius 3 is 2.63 bits per heavy atom. The van der Waals surface area contributed by atoms with Gasteiger partial charge in [-0.2, -0.15) is 0 Å². The third kappa shape index (κ3) is 3.95. The van der Waals surface area contributed by atoms with Crippen LogP contribution in [-0.2, 0) is 24.1 Å². The molecule has 6 nitrogen and oxygen atoms in total. The molecule has 1 atom stereocenters. The van der Waals surface area contributed by atoms with E-state index in [1.54, 1.807) is 0 Å². The van der Waals surface area contributed by atoms with Gasteiger partial charge in [-0.15, -0.1) is 0 Å². The number of amides is 1. The lowest BCUT2D eigenvalue weighted by Crippen LogP contribution is -2.46. The van der Waals surface area contributed by atoms with Crippen molar-refractivity contribution in [3.63, 3.8) is 0 Å². The molecule has 3 heterocycles. The lowest BCUT2D eigenvalue weighted by Gasteiger charge is -2.34. The van der Waals surface area contributed by atoms with E-state index in [1.165, 1.54) is 11.1 Å². The fraction of sp³-hybridized carbons (Fsp3) is 0.458. The summed E-state index contributed by atoms with van der Waals surface area (Å²) >= 11 is 0. The zero-order chi connectivity index (χ0) is 20.5. The molecule has 1 amide bonds. The quantitative estimate of drug-likeness (QED) is 0.821. The van der Waals surface area contributed by atoms with Gasteiger partial charge in [0.2, 0.25) is 0 Å². The summed E-state index contributed by atoms with van der Waals surface area (Å²) in [6.45, 7) is 5.73. The van der Waals surface area contributed by atoms with E-state index in [4.69, 9.17) is 4.74 Å². The average Bonchev–Trinajstić information content (AvgIpc) is 3.30. The first kappa shape index (κ1) is 19.5. The number of ether oxygens (including phenoxy) is 1. The second kappa shape index (κ2) is 8.38. The third-order valence-corrected chi connectivity index (χ3v) is 6.49. The molecule has 1 N–H and O–H groups in total. The van der Waals surface area contributed by atoms with Crippen molar-refractivity contribution in [2.75, 3.05) is 51.0 Å². The summed E-state index contributed by atoms with van der Waals surface area (Å²) in [5.41, 5.74) is 5.74. The van der Waals surface area contributed by atoms with Crippen LogP contribution in [0.1, 0.15) is 27.0 Å². The molecule has 0 unspecified atom stereocenters. The number of β-amino-alcohol motifs (C(OH)–C–C–N with tert-alkyl or cyclic N) is 1. The minimum atomic E-state index is -0.540. The summed E-state index contributed by atoms with van der Waals surface area (Å²) in [7, 11) is 0. The molecule has 2 aromatic rings. The number of hydrogen-bond acceptors (Lipinski definition) is 5. The Labute approximate surface area is 177 Å². The maximum atomic E-state index is 13.0. The van der Waals surface area contributed by atoms with Gasteiger partial charge in [-0.05, 0) is 47.7 Å². The first-order chi connectivity index (χ1) is 14.7. The number of fused-ring (bicyclic) bond motifs is 2. The molecule has 0 spiro atoms. The summed E-state index contributed by atoms with van der Waals surface area (Å²) in [5, 5.41) is 10.7. The van der Waals surface area contributed by atoms with Crippen LogP contribution < -0.4 is 4.90 Å². The van der Waals surface area contributed by atoms with Crippen LogP contribution in [0.2, 0.25) is 0 Å². The highest BCUT2D eigenvalue weighted by molar-refractivity contribution is 5.97. The van der Waals surface area contributed by atoms with Gasteiger partial charge in [-0.1, -0.05) is 24.3 Å². The largest absolute Gasteiger partial charge is 0.390 e. The van der Waals surface area contributed by atoms with Crippen molar-refractivity contribution in [1.29, 1.82) is 0 Å². The first-order valence-electron chi connectivity index (χ1n) is 10.9. The van der Waals surface area contributed by atoms with Crippen molar-refractivity contribution in [1.82, 2.24) is 9.80 Å². The minimum absolute atomic E-state index is 0.0310. The van der Waals surface area contributed by atoms with Gasteiger partial charge in [0.05, 0.1) is 12.7 Å².